The predicted octanol–water partition coefficient (Wildman–Crippen LogP) is 5.17. The number of aryl methyl sites for hydroxylation is 1. The second-order valence-corrected chi connectivity index (χ2v) is 4.90. The number of halogens is 1. The van der Waals surface area contributed by atoms with Gasteiger partial charge in [-0.15, -0.1) is 0 Å². The van der Waals surface area contributed by atoms with Crippen LogP contribution in [0.25, 0.3) is 22.3 Å². The molecule has 0 amide bonds. The van der Waals surface area contributed by atoms with Gasteiger partial charge >= 0.3 is 0 Å². The Morgan fingerprint density at radius 2 is 1.65 bits per heavy atom. The van der Waals surface area contributed by atoms with Gasteiger partial charge in [0.05, 0.1) is 4.47 Å². The normalized spacial score (nSPS) is 10.9. The summed E-state index contributed by atoms with van der Waals surface area (Å²) in [7, 11) is 0. The number of benzene rings is 2. The third-order valence-electron chi connectivity index (χ3n) is 2.85. The quantitative estimate of drug-likeness (QED) is 0.601. The first-order chi connectivity index (χ1) is 8.25. The Bertz CT molecular complexity index is 665. The molecule has 0 bridgehead atoms. The third kappa shape index (κ3) is 1.79. The summed E-state index contributed by atoms with van der Waals surface area (Å²) < 4.78 is 6.90. The van der Waals surface area contributed by atoms with Gasteiger partial charge in [-0.05, 0) is 35.0 Å². The van der Waals surface area contributed by atoms with Gasteiger partial charge in [-0.25, -0.2) is 0 Å². The minimum Gasteiger partial charge on any atom is -0.455 e. The van der Waals surface area contributed by atoms with Crippen LogP contribution < -0.4 is 0 Å². The van der Waals surface area contributed by atoms with Crippen molar-refractivity contribution in [2.45, 2.75) is 6.92 Å². The molecular formula is C15H11BrO. The van der Waals surface area contributed by atoms with E-state index in [0.29, 0.717) is 0 Å². The SMILES string of the molecule is Cc1ccc(-c2oc3ccccc3c2Br)cc1. The molecule has 0 aliphatic carbocycles. The van der Waals surface area contributed by atoms with E-state index < -0.39 is 0 Å². The Kier molecular flexibility index (Phi) is 2.52. The molecule has 0 aliphatic heterocycles. The van der Waals surface area contributed by atoms with Gasteiger partial charge in [0.1, 0.15) is 11.3 Å². The molecule has 1 nitrogen and oxygen atoms in total. The molecule has 3 rings (SSSR count). The Morgan fingerprint density at radius 1 is 0.941 bits per heavy atom. The molecule has 2 aromatic carbocycles. The molecule has 0 saturated heterocycles. The van der Waals surface area contributed by atoms with Crippen LogP contribution in [0.2, 0.25) is 0 Å². The monoisotopic (exact) mass is 286 g/mol. The number of furan rings is 1. The summed E-state index contributed by atoms with van der Waals surface area (Å²) in [6.45, 7) is 2.08. The number of fused-ring (bicyclic) bond motifs is 1. The molecular weight excluding hydrogens is 276 g/mol. The number of rotatable bonds is 1. The molecule has 0 radical (unpaired) electrons. The molecule has 1 aromatic heterocycles. The van der Waals surface area contributed by atoms with Gasteiger partial charge in [0, 0.05) is 10.9 Å². The lowest BCUT2D eigenvalue weighted by Crippen LogP contribution is -1.75. The van der Waals surface area contributed by atoms with E-state index in [4.69, 9.17) is 4.42 Å². The fourth-order valence-corrected chi connectivity index (χ4v) is 2.54. The van der Waals surface area contributed by atoms with Crippen LogP contribution in [0, 0.1) is 6.92 Å². The standard InChI is InChI=1S/C15H11BrO/c1-10-6-8-11(9-7-10)15-14(16)12-4-2-3-5-13(12)17-15/h2-9H,1H3. The molecule has 0 aliphatic rings. The highest BCUT2D eigenvalue weighted by Crippen LogP contribution is 2.37. The van der Waals surface area contributed by atoms with Gasteiger partial charge in [0.15, 0.2) is 0 Å². The van der Waals surface area contributed by atoms with Gasteiger partial charge in [-0.3, -0.25) is 0 Å². The van der Waals surface area contributed by atoms with Crippen LogP contribution in [0.1, 0.15) is 5.56 Å². The van der Waals surface area contributed by atoms with Crippen LogP contribution in [-0.2, 0) is 0 Å². The van der Waals surface area contributed by atoms with Gasteiger partial charge in [-0.1, -0.05) is 42.0 Å². The van der Waals surface area contributed by atoms with E-state index in [1.54, 1.807) is 0 Å². The maximum Gasteiger partial charge on any atom is 0.149 e. The summed E-state index contributed by atoms with van der Waals surface area (Å²) in [5, 5.41) is 1.11. The average Bonchev–Trinajstić information content (AvgIpc) is 2.69. The fraction of sp³-hybridized carbons (Fsp3) is 0.0667. The van der Waals surface area contributed by atoms with E-state index in [9.17, 15) is 0 Å². The lowest BCUT2D eigenvalue weighted by atomic mass is 10.1. The summed E-state index contributed by atoms with van der Waals surface area (Å²) in [6.07, 6.45) is 0. The fourth-order valence-electron chi connectivity index (χ4n) is 1.90. The molecule has 84 valence electrons. The van der Waals surface area contributed by atoms with Crippen LogP contribution in [0.5, 0.6) is 0 Å². The van der Waals surface area contributed by atoms with E-state index in [1.165, 1.54) is 5.56 Å². The molecule has 0 spiro atoms. The maximum absolute atomic E-state index is 5.88. The topological polar surface area (TPSA) is 13.1 Å². The van der Waals surface area contributed by atoms with Gasteiger partial charge in [-0.2, -0.15) is 0 Å². The minimum absolute atomic E-state index is 0.895. The van der Waals surface area contributed by atoms with Crippen molar-refractivity contribution in [2.75, 3.05) is 0 Å². The summed E-state index contributed by atoms with van der Waals surface area (Å²) in [5.74, 6) is 0.895. The van der Waals surface area contributed by atoms with Crippen LogP contribution in [0.4, 0.5) is 0 Å². The Hall–Kier alpha value is -1.54. The van der Waals surface area contributed by atoms with Crippen molar-refractivity contribution in [1.82, 2.24) is 0 Å². The number of para-hydroxylation sites is 1. The van der Waals surface area contributed by atoms with Crippen molar-refractivity contribution in [3.05, 3.63) is 58.6 Å². The van der Waals surface area contributed by atoms with E-state index in [0.717, 1.165) is 26.8 Å². The summed E-state index contributed by atoms with van der Waals surface area (Å²) in [4.78, 5) is 0. The van der Waals surface area contributed by atoms with Crippen LogP contribution in [0.15, 0.2) is 57.4 Å². The Morgan fingerprint density at radius 3 is 2.35 bits per heavy atom. The third-order valence-corrected chi connectivity index (χ3v) is 3.64. The first kappa shape index (κ1) is 10.6. The van der Waals surface area contributed by atoms with Crippen molar-refractivity contribution in [3.63, 3.8) is 0 Å². The minimum atomic E-state index is 0.895. The Balaban J connectivity index is 2.24. The van der Waals surface area contributed by atoms with Crippen molar-refractivity contribution in [3.8, 4) is 11.3 Å². The van der Waals surface area contributed by atoms with Crippen molar-refractivity contribution in [2.24, 2.45) is 0 Å². The zero-order chi connectivity index (χ0) is 11.8. The van der Waals surface area contributed by atoms with Gasteiger partial charge in [0.2, 0.25) is 0 Å². The number of hydrogen-bond donors (Lipinski definition) is 0. The Labute approximate surface area is 108 Å². The zero-order valence-corrected chi connectivity index (χ0v) is 11.0. The van der Waals surface area contributed by atoms with E-state index in [-0.39, 0.29) is 0 Å². The largest absolute Gasteiger partial charge is 0.455 e. The number of hydrogen-bond acceptors (Lipinski definition) is 1. The molecule has 0 fully saturated rings. The smallest absolute Gasteiger partial charge is 0.149 e. The first-order valence-electron chi connectivity index (χ1n) is 5.50. The van der Waals surface area contributed by atoms with Crippen molar-refractivity contribution >= 4 is 26.9 Å². The predicted molar refractivity (Wildman–Crippen MR) is 74.1 cm³/mol. The highest BCUT2D eigenvalue weighted by molar-refractivity contribution is 9.10. The molecule has 1 heterocycles. The van der Waals surface area contributed by atoms with Crippen molar-refractivity contribution < 1.29 is 4.42 Å². The second-order valence-electron chi connectivity index (χ2n) is 4.11. The average molecular weight is 287 g/mol. The highest BCUT2D eigenvalue weighted by Gasteiger charge is 2.12. The molecule has 2 heteroatoms. The van der Waals surface area contributed by atoms with Gasteiger partial charge in [0.25, 0.3) is 0 Å². The first-order valence-corrected chi connectivity index (χ1v) is 6.29. The molecule has 0 N–H and O–H groups in total. The zero-order valence-electron chi connectivity index (χ0n) is 9.41. The van der Waals surface area contributed by atoms with Gasteiger partial charge < -0.3 is 4.42 Å². The van der Waals surface area contributed by atoms with Crippen LogP contribution >= 0.6 is 15.9 Å². The molecule has 0 unspecified atom stereocenters. The second kappa shape index (κ2) is 4.04. The molecule has 3 aromatic rings. The molecule has 0 atom stereocenters. The molecule has 17 heavy (non-hydrogen) atoms. The van der Waals surface area contributed by atoms with E-state index >= 15 is 0 Å². The van der Waals surface area contributed by atoms with Crippen LogP contribution in [-0.4, -0.2) is 0 Å². The summed E-state index contributed by atoms with van der Waals surface area (Å²) >= 11 is 3.61. The van der Waals surface area contributed by atoms with Crippen LogP contribution in [0.3, 0.4) is 0 Å². The summed E-state index contributed by atoms with van der Waals surface area (Å²) in [6, 6.07) is 16.4. The maximum atomic E-state index is 5.88. The van der Waals surface area contributed by atoms with E-state index in [1.807, 2.05) is 18.2 Å². The van der Waals surface area contributed by atoms with E-state index in [2.05, 4.69) is 53.2 Å². The lowest BCUT2D eigenvalue weighted by Gasteiger charge is -1.98. The highest BCUT2D eigenvalue weighted by atomic mass is 79.9. The van der Waals surface area contributed by atoms with Crippen molar-refractivity contribution in [1.29, 1.82) is 0 Å². The summed E-state index contributed by atoms with van der Waals surface area (Å²) in [5.41, 5.74) is 3.26. The lowest BCUT2D eigenvalue weighted by molar-refractivity contribution is 0.630. The molecule has 0 saturated carbocycles.